The molecule has 0 aliphatic carbocycles. The highest BCUT2D eigenvalue weighted by molar-refractivity contribution is 5.74. The summed E-state index contributed by atoms with van der Waals surface area (Å²) in [6.45, 7) is 0.0702. The monoisotopic (exact) mass is 442 g/mol. The van der Waals surface area contributed by atoms with Crippen LogP contribution in [-0.4, -0.2) is 20.1 Å². The van der Waals surface area contributed by atoms with Crippen molar-refractivity contribution in [3.8, 4) is 11.5 Å². The van der Waals surface area contributed by atoms with Gasteiger partial charge in [0.1, 0.15) is 29.5 Å². The summed E-state index contributed by atoms with van der Waals surface area (Å²) in [4.78, 5) is 5.85. The van der Waals surface area contributed by atoms with Gasteiger partial charge in [-0.05, 0) is 36.4 Å². The highest BCUT2D eigenvalue weighted by atomic mass is 19.4. The van der Waals surface area contributed by atoms with Crippen LogP contribution in [0.25, 0.3) is 11.1 Å². The molecular weight excluding hydrogens is 425 g/mol. The minimum atomic E-state index is -4.41. The third kappa shape index (κ3) is 3.70. The predicted octanol–water partition coefficient (Wildman–Crippen LogP) is 5.14. The van der Waals surface area contributed by atoms with Gasteiger partial charge in [0.2, 0.25) is 5.89 Å². The molecule has 0 fully saturated rings. The van der Waals surface area contributed by atoms with Crippen molar-refractivity contribution in [3.63, 3.8) is 0 Å². The first-order valence-corrected chi connectivity index (χ1v) is 9.75. The number of rotatable bonds is 4. The molecular formula is C23H17F3N2O4. The summed E-state index contributed by atoms with van der Waals surface area (Å²) < 4.78 is 49.5. The molecule has 4 aromatic rings. The van der Waals surface area contributed by atoms with Crippen molar-refractivity contribution in [2.75, 3.05) is 0 Å². The van der Waals surface area contributed by atoms with E-state index in [0.29, 0.717) is 28.0 Å². The number of ether oxygens (including phenoxy) is 1. The molecule has 0 radical (unpaired) electrons. The van der Waals surface area contributed by atoms with Crippen LogP contribution in [0.3, 0.4) is 0 Å². The number of nitrogens with zero attached hydrogens (tertiary/aromatic N) is 2. The van der Waals surface area contributed by atoms with Crippen LogP contribution >= 0.6 is 0 Å². The van der Waals surface area contributed by atoms with Crippen molar-refractivity contribution in [3.05, 3.63) is 89.3 Å². The molecule has 0 amide bonds. The largest absolute Gasteiger partial charge is 0.457 e. The maximum Gasteiger partial charge on any atom is 0.416 e. The summed E-state index contributed by atoms with van der Waals surface area (Å²) in [7, 11) is 0. The predicted molar refractivity (Wildman–Crippen MR) is 107 cm³/mol. The van der Waals surface area contributed by atoms with E-state index in [-0.39, 0.29) is 18.2 Å². The highest BCUT2D eigenvalue weighted by Gasteiger charge is 2.36. The molecule has 3 aromatic carbocycles. The SMILES string of the molecule is OC1c2ccccc2C(O)N1Cc1nc2cc(Oc3ccc(C(F)(F)F)cc3)ccc2o1. The minimum absolute atomic E-state index is 0.0702. The van der Waals surface area contributed by atoms with Crippen LogP contribution < -0.4 is 4.74 Å². The van der Waals surface area contributed by atoms with Crippen LogP contribution in [0.5, 0.6) is 11.5 Å². The third-order valence-electron chi connectivity index (χ3n) is 5.32. The van der Waals surface area contributed by atoms with E-state index in [0.717, 1.165) is 12.1 Å². The number of oxazole rings is 1. The average Bonchev–Trinajstić information content (AvgIpc) is 3.27. The number of fused-ring (bicyclic) bond motifs is 2. The average molecular weight is 442 g/mol. The third-order valence-corrected chi connectivity index (χ3v) is 5.32. The fourth-order valence-corrected chi connectivity index (χ4v) is 3.74. The molecule has 2 N–H and O–H groups in total. The van der Waals surface area contributed by atoms with Crippen LogP contribution in [0.2, 0.25) is 0 Å². The Kier molecular flexibility index (Phi) is 4.89. The fourth-order valence-electron chi connectivity index (χ4n) is 3.74. The van der Waals surface area contributed by atoms with Gasteiger partial charge in [-0.25, -0.2) is 9.88 Å². The number of aliphatic hydroxyl groups is 2. The molecule has 2 heterocycles. The van der Waals surface area contributed by atoms with Crippen molar-refractivity contribution in [2.24, 2.45) is 0 Å². The molecule has 1 aromatic heterocycles. The van der Waals surface area contributed by atoms with E-state index >= 15 is 0 Å². The van der Waals surface area contributed by atoms with Gasteiger partial charge in [0.15, 0.2) is 5.58 Å². The number of aliphatic hydroxyl groups excluding tert-OH is 2. The van der Waals surface area contributed by atoms with Gasteiger partial charge >= 0.3 is 6.18 Å². The van der Waals surface area contributed by atoms with Gasteiger partial charge in [0, 0.05) is 17.2 Å². The Hall–Kier alpha value is -3.40. The first kappa shape index (κ1) is 20.5. The van der Waals surface area contributed by atoms with Crippen LogP contribution in [0.4, 0.5) is 13.2 Å². The number of alkyl halides is 3. The lowest BCUT2D eigenvalue weighted by Gasteiger charge is -2.22. The van der Waals surface area contributed by atoms with Crippen LogP contribution in [0.15, 0.2) is 71.1 Å². The summed E-state index contributed by atoms with van der Waals surface area (Å²) >= 11 is 0. The minimum Gasteiger partial charge on any atom is -0.457 e. The van der Waals surface area contributed by atoms with Gasteiger partial charge < -0.3 is 19.4 Å². The fraction of sp³-hybridized carbons (Fsp3) is 0.174. The lowest BCUT2D eigenvalue weighted by Crippen LogP contribution is -2.25. The molecule has 1 aliphatic rings. The van der Waals surface area contributed by atoms with Gasteiger partial charge in [-0.3, -0.25) is 0 Å². The smallest absolute Gasteiger partial charge is 0.416 e. The lowest BCUT2D eigenvalue weighted by atomic mass is 10.1. The first-order valence-electron chi connectivity index (χ1n) is 9.75. The van der Waals surface area contributed by atoms with Crippen LogP contribution in [0, 0.1) is 0 Å². The van der Waals surface area contributed by atoms with Gasteiger partial charge in [-0.1, -0.05) is 24.3 Å². The Morgan fingerprint density at radius 1 is 0.906 bits per heavy atom. The highest BCUT2D eigenvalue weighted by Crippen LogP contribution is 2.40. The Labute approximate surface area is 180 Å². The second-order valence-electron chi connectivity index (χ2n) is 7.41. The zero-order valence-electron chi connectivity index (χ0n) is 16.5. The number of benzene rings is 3. The summed E-state index contributed by atoms with van der Waals surface area (Å²) in [5.74, 6) is 0.922. The normalized spacial score (nSPS) is 18.8. The van der Waals surface area contributed by atoms with Crippen LogP contribution in [-0.2, 0) is 12.7 Å². The van der Waals surface area contributed by atoms with E-state index in [1.54, 1.807) is 42.5 Å². The molecule has 0 bridgehead atoms. The molecule has 5 rings (SSSR count). The molecule has 164 valence electrons. The second kappa shape index (κ2) is 7.63. The molecule has 32 heavy (non-hydrogen) atoms. The maximum atomic E-state index is 12.7. The zero-order chi connectivity index (χ0) is 22.5. The van der Waals surface area contributed by atoms with E-state index in [1.807, 2.05) is 0 Å². The topological polar surface area (TPSA) is 79.0 Å². The molecule has 2 atom stereocenters. The van der Waals surface area contributed by atoms with Crippen molar-refractivity contribution in [1.29, 1.82) is 0 Å². The Morgan fingerprint density at radius 3 is 2.16 bits per heavy atom. The standard InChI is InChI=1S/C23H17F3N2O4/c24-23(25,26)13-5-7-14(8-6-13)31-15-9-10-19-18(11-15)27-20(32-19)12-28-21(29)16-3-1-2-4-17(16)22(28)30/h1-11,21-22,29-30H,12H2. The van der Waals surface area contributed by atoms with Crippen molar-refractivity contribution >= 4 is 11.1 Å². The maximum absolute atomic E-state index is 12.7. The second-order valence-corrected chi connectivity index (χ2v) is 7.41. The molecule has 0 saturated heterocycles. The zero-order valence-corrected chi connectivity index (χ0v) is 16.5. The van der Waals surface area contributed by atoms with Crippen molar-refractivity contribution in [1.82, 2.24) is 9.88 Å². The summed E-state index contributed by atoms with van der Waals surface area (Å²) in [6.07, 6.45) is -6.39. The van der Waals surface area contributed by atoms with E-state index < -0.39 is 24.2 Å². The number of hydrogen-bond acceptors (Lipinski definition) is 6. The molecule has 1 aliphatic heterocycles. The molecule has 0 spiro atoms. The number of aromatic nitrogens is 1. The molecule has 6 nitrogen and oxygen atoms in total. The lowest BCUT2D eigenvalue weighted by molar-refractivity contribution is -0.137. The molecule has 2 unspecified atom stereocenters. The Morgan fingerprint density at radius 2 is 1.53 bits per heavy atom. The van der Waals surface area contributed by atoms with Gasteiger partial charge in [-0.2, -0.15) is 13.2 Å². The van der Waals surface area contributed by atoms with Crippen molar-refractivity contribution in [2.45, 2.75) is 25.2 Å². The Bertz CT molecular complexity index is 1240. The number of hydrogen-bond donors (Lipinski definition) is 2. The van der Waals surface area contributed by atoms with Crippen LogP contribution in [0.1, 0.15) is 35.0 Å². The summed E-state index contributed by atoms with van der Waals surface area (Å²) in [5, 5.41) is 21.1. The first-order chi connectivity index (χ1) is 15.3. The van der Waals surface area contributed by atoms with E-state index in [4.69, 9.17) is 9.15 Å². The Balaban J connectivity index is 1.34. The van der Waals surface area contributed by atoms with E-state index in [2.05, 4.69) is 4.98 Å². The number of halogens is 3. The van der Waals surface area contributed by atoms with Crippen molar-refractivity contribution < 1.29 is 32.5 Å². The summed E-state index contributed by atoms with van der Waals surface area (Å²) in [6, 6.07) is 16.3. The quantitative estimate of drug-likeness (QED) is 0.456. The van der Waals surface area contributed by atoms with Gasteiger partial charge in [-0.15, -0.1) is 0 Å². The van der Waals surface area contributed by atoms with E-state index in [1.165, 1.54) is 17.0 Å². The summed E-state index contributed by atoms with van der Waals surface area (Å²) in [5.41, 5.74) is 1.45. The molecule has 9 heteroatoms. The molecule has 0 saturated carbocycles. The van der Waals surface area contributed by atoms with Gasteiger partial charge in [0.25, 0.3) is 0 Å². The van der Waals surface area contributed by atoms with Gasteiger partial charge in [0.05, 0.1) is 12.1 Å². The van der Waals surface area contributed by atoms with E-state index in [9.17, 15) is 23.4 Å².